The summed E-state index contributed by atoms with van der Waals surface area (Å²) in [5.41, 5.74) is -9.07. The monoisotopic (exact) mass is 658 g/mol. The molecular formula is C18H20F6N2O6S2Sn. The van der Waals surface area contributed by atoms with Gasteiger partial charge < -0.3 is 18.9 Å². The molecule has 0 atom stereocenters. The number of halogens is 6. The number of hydrogen-bond acceptors (Lipinski definition) is 8. The fourth-order valence-electron chi connectivity index (χ4n) is 1.31. The third-order valence-electron chi connectivity index (χ3n) is 2.90. The van der Waals surface area contributed by atoms with Crippen molar-refractivity contribution in [2.45, 2.75) is 11.0 Å². The van der Waals surface area contributed by atoms with E-state index in [0.717, 1.165) is 11.4 Å². The first-order valence-corrected chi connectivity index (χ1v) is 11.2. The van der Waals surface area contributed by atoms with Crippen LogP contribution >= 0.6 is 0 Å². The van der Waals surface area contributed by atoms with Crippen molar-refractivity contribution in [3.63, 3.8) is 0 Å². The van der Waals surface area contributed by atoms with Crippen LogP contribution in [-0.4, -0.2) is 89.1 Å². The summed E-state index contributed by atoms with van der Waals surface area (Å²) >= 11 is 0. The van der Waals surface area contributed by atoms with Gasteiger partial charge in [0.05, 0.1) is 0 Å². The number of nitrogens with zero attached hydrogens (tertiary/aromatic N) is 2. The molecule has 0 spiro atoms. The maximum absolute atomic E-state index is 10.7. The van der Waals surface area contributed by atoms with E-state index in [9.17, 15) is 26.3 Å². The molecule has 0 saturated carbocycles. The smallest absolute Gasteiger partial charge is 0.741 e. The van der Waals surface area contributed by atoms with E-state index >= 15 is 0 Å². The van der Waals surface area contributed by atoms with Gasteiger partial charge in [0.2, 0.25) is 0 Å². The zero-order valence-corrected chi connectivity index (χ0v) is 23.0. The summed E-state index contributed by atoms with van der Waals surface area (Å²) in [6, 6.07) is 21.9. The zero-order valence-electron chi connectivity index (χ0n) is 18.5. The van der Waals surface area contributed by atoms with Crippen molar-refractivity contribution in [1.29, 1.82) is 0 Å². The second kappa shape index (κ2) is 16.1. The molecule has 0 fully saturated rings. The molecule has 0 amide bonds. The molecule has 2 rings (SSSR count). The molecule has 0 aliphatic heterocycles. The first kappa shape index (κ1) is 37.8. The average Bonchev–Trinajstić information content (AvgIpc) is 2.68. The first-order valence-electron chi connectivity index (χ1n) is 8.43. The third-order valence-corrected chi connectivity index (χ3v) is 4.04. The number of rotatable bonds is 2. The molecule has 196 valence electrons. The Bertz CT molecular complexity index is 957. The maximum atomic E-state index is 10.7. The van der Waals surface area contributed by atoms with Crippen molar-refractivity contribution in [3.8, 4) is 0 Å². The van der Waals surface area contributed by atoms with Gasteiger partial charge in [-0.1, -0.05) is 36.4 Å². The number of anilines is 2. The molecule has 8 nitrogen and oxygen atoms in total. The van der Waals surface area contributed by atoms with Gasteiger partial charge in [-0.3, -0.25) is 0 Å². The van der Waals surface area contributed by atoms with E-state index in [1.807, 2.05) is 86.5 Å². The van der Waals surface area contributed by atoms with E-state index in [1.165, 1.54) is 0 Å². The van der Waals surface area contributed by atoms with Gasteiger partial charge >= 0.3 is 34.9 Å². The van der Waals surface area contributed by atoms with Crippen LogP contribution in [0.4, 0.5) is 37.7 Å². The van der Waals surface area contributed by atoms with Gasteiger partial charge in [-0.05, 0) is 18.2 Å². The molecule has 0 aliphatic carbocycles. The normalized spacial score (nSPS) is 11.1. The van der Waals surface area contributed by atoms with Crippen LogP contribution in [0.5, 0.6) is 0 Å². The SMILES string of the molecule is CN(C)c1[c]c(N(C)C)ccc1.O=S(=O)([O-])C(F)(F)F.O=S(=O)([O-])C(F)(F)F.[Sn+2].[c]1ccccc1. The predicted molar refractivity (Wildman–Crippen MR) is 116 cm³/mol. The molecule has 2 aromatic carbocycles. The van der Waals surface area contributed by atoms with Gasteiger partial charge in [-0.2, -0.15) is 26.3 Å². The Labute approximate surface area is 217 Å². The molecule has 17 heteroatoms. The number of benzene rings is 2. The molecule has 0 unspecified atom stereocenters. The third kappa shape index (κ3) is 18.2. The van der Waals surface area contributed by atoms with E-state index in [0.29, 0.717) is 0 Å². The minimum absolute atomic E-state index is 0. The Morgan fingerprint density at radius 3 is 1.11 bits per heavy atom. The summed E-state index contributed by atoms with van der Waals surface area (Å²) in [4.78, 5) is 4.10. The summed E-state index contributed by atoms with van der Waals surface area (Å²) in [6.45, 7) is 0. The van der Waals surface area contributed by atoms with Gasteiger partial charge in [0.25, 0.3) is 0 Å². The Balaban J connectivity index is -0.000000399. The first-order chi connectivity index (χ1) is 15.1. The molecule has 0 saturated heterocycles. The van der Waals surface area contributed by atoms with Crippen LogP contribution < -0.4 is 9.80 Å². The fourth-order valence-corrected chi connectivity index (χ4v) is 1.31. The van der Waals surface area contributed by atoms with E-state index in [2.05, 4.69) is 12.1 Å². The molecule has 0 N–H and O–H groups in total. The summed E-state index contributed by atoms with van der Waals surface area (Å²) in [6.07, 6.45) is 0. The van der Waals surface area contributed by atoms with Gasteiger partial charge in [-0.15, -0.1) is 0 Å². The van der Waals surface area contributed by atoms with Crippen molar-refractivity contribution >= 4 is 55.5 Å². The van der Waals surface area contributed by atoms with Gasteiger partial charge in [0.15, 0.2) is 20.2 Å². The van der Waals surface area contributed by atoms with Crippen molar-refractivity contribution in [1.82, 2.24) is 0 Å². The van der Waals surface area contributed by atoms with E-state index in [-0.39, 0.29) is 23.9 Å². The number of hydrogen-bond donors (Lipinski definition) is 0. The Morgan fingerprint density at radius 2 is 0.971 bits per heavy atom. The van der Waals surface area contributed by atoms with Crippen LogP contribution in [-0.2, 0) is 20.2 Å². The molecule has 35 heavy (non-hydrogen) atoms. The summed E-state index contributed by atoms with van der Waals surface area (Å²) in [5, 5.41) is 0. The molecule has 4 radical (unpaired) electrons. The molecule has 0 aromatic heterocycles. The molecular weight excluding hydrogens is 637 g/mol. The molecule has 0 bridgehead atoms. The molecule has 2 aromatic rings. The topological polar surface area (TPSA) is 121 Å². The summed E-state index contributed by atoms with van der Waals surface area (Å²) in [5.74, 6) is 0. The summed E-state index contributed by atoms with van der Waals surface area (Å²) < 4.78 is 118. The van der Waals surface area contributed by atoms with Crippen molar-refractivity contribution in [2.24, 2.45) is 0 Å². The van der Waals surface area contributed by atoms with Gasteiger partial charge in [0.1, 0.15) is 0 Å². The predicted octanol–water partition coefficient (Wildman–Crippen LogP) is 2.83. The van der Waals surface area contributed by atoms with Crippen LogP contribution in [0.2, 0.25) is 0 Å². The molecule has 0 heterocycles. The van der Waals surface area contributed by atoms with Crippen LogP contribution in [0.25, 0.3) is 0 Å². The minimum Gasteiger partial charge on any atom is -0.741 e. The van der Waals surface area contributed by atoms with E-state index < -0.39 is 31.3 Å². The standard InChI is InChI=1S/C10H15N2.C6H5.2CHF3O3S.Sn/c1-11(2)9-6-5-7-10(8-9)12(3)4;1-2-4-6-5-3-1;2*2-1(3,4)8(5,6)7;/h5-7H,1-4H3;1-5H;2*(H,5,6,7);/q;;;;+2/p-2. The number of alkyl halides is 6. The van der Waals surface area contributed by atoms with Gasteiger partial charge in [-0.25, -0.2) is 16.8 Å². The van der Waals surface area contributed by atoms with E-state index in [1.54, 1.807) is 0 Å². The Morgan fingerprint density at radius 1 is 0.686 bits per heavy atom. The van der Waals surface area contributed by atoms with E-state index in [4.69, 9.17) is 25.9 Å². The quantitative estimate of drug-likeness (QED) is 0.210. The second-order valence-electron chi connectivity index (χ2n) is 6.09. The second-order valence-corrected chi connectivity index (χ2v) is 8.83. The van der Waals surface area contributed by atoms with Crippen molar-refractivity contribution < 1.29 is 52.3 Å². The fraction of sp³-hybridized carbons (Fsp3) is 0.333. The molecule has 0 aliphatic rings. The van der Waals surface area contributed by atoms with Crippen LogP contribution in [0.15, 0.2) is 48.5 Å². The summed E-state index contributed by atoms with van der Waals surface area (Å²) in [7, 11) is -4.10. The Kier molecular flexibility index (Phi) is 17.4. The van der Waals surface area contributed by atoms with Crippen LogP contribution in [0.1, 0.15) is 0 Å². The van der Waals surface area contributed by atoms with Crippen molar-refractivity contribution in [3.05, 3.63) is 60.7 Å². The van der Waals surface area contributed by atoms with Crippen LogP contribution in [0, 0.1) is 12.1 Å². The zero-order chi connectivity index (χ0) is 27.4. The average molecular weight is 657 g/mol. The van der Waals surface area contributed by atoms with Crippen LogP contribution in [0.3, 0.4) is 0 Å². The maximum Gasteiger partial charge on any atom is 2.00 e. The minimum atomic E-state index is -6.09. The van der Waals surface area contributed by atoms with Gasteiger partial charge in [0, 0.05) is 45.6 Å². The Hall–Kier alpha value is -1.76. The van der Waals surface area contributed by atoms with Crippen molar-refractivity contribution in [2.75, 3.05) is 38.0 Å². The largest absolute Gasteiger partial charge is 2.00 e.